The molecule has 110 valence electrons. The smallest absolute Gasteiger partial charge is 0.0868 e. The maximum Gasteiger partial charge on any atom is 0.0868 e. The molecule has 1 fully saturated rings. The van der Waals surface area contributed by atoms with E-state index in [-0.39, 0.29) is 12.1 Å². The van der Waals surface area contributed by atoms with Crippen LogP contribution in [-0.2, 0) is 11.2 Å². The largest absolute Gasteiger partial charge is 0.374 e. The lowest BCUT2D eigenvalue weighted by atomic mass is 9.74. The molecule has 0 spiro atoms. The topological polar surface area (TPSA) is 50.5 Å². The molecule has 0 amide bonds. The number of hydrazine groups is 1. The second-order valence-electron chi connectivity index (χ2n) is 5.91. The zero-order valence-electron chi connectivity index (χ0n) is 12.2. The molecule has 0 bridgehead atoms. The Morgan fingerprint density at radius 2 is 2.30 bits per heavy atom. The van der Waals surface area contributed by atoms with Crippen molar-refractivity contribution in [3.63, 3.8) is 0 Å². The normalized spacial score (nSPS) is 27.7. The fourth-order valence-corrected chi connectivity index (χ4v) is 3.47. The summed E-state index contributed by atoms with van der Waals surface area (Å²) in [4.78, 5) is 2.44. The molecule has 3 rings (SSSR count). The van der Waals surface area contributed by atoms with Crippen LogP contribution >= 0.6 is 0 Å². The number of hydrogen-bond donors (Lipinski definition) is 2. The lowest BCUT2D eigenvalue weighted by molar-refractivity contribution is -0.0475. The van der Waals surface area contributed by atoms with Crippen LogP contribution in [0.2, 0.25) is 0 Å². The molecule has 1 aliphatic carbocycles. The van der Waals surface area contributed by atoms with E-state index in [1.54, 1.807) is 0 Å². The van der Waals surface area contributed by atoms with Gasteiger partial charge in [-0.2, -0.15) is 0 Å². The fraction of sp³-hybridized carbons (Fsp3) is 0.625. The van der Waals surface area contributed by atoms with Gasteiger partial charge in [0.2, 0.25) is 0 Å². The zero-order valence-corrected chi connectivity index (χ0v) is 12.2. The molecule has 0 radical (unpaired) electrons. The molecule has 0 aromatic heterocycles. The van der Waals surface area contributed by atoms with Crippen molar-refractivity contribution < 1.29 is 4.74 Å². The predicted octanol–water partition coefficient (Wildman–Crippen LogP) is 1.27. The number of nitrogens with two attached hydrogens (primary N) is 1. The highest BCUT2D eigenvalue weighted by molar-refractivity contribution is 5.40. The van der Waals surface area contributed by atoms with E-state index in [1.807, 2.05) is 0 Å². The minimum absolute atomic E-state index is 0.210. The Morgan fingerprint density at radius 1 is 1.45 bits per heavy atom. The number of rotatable bonds is 5. The van der Waals surface area contributed by atoms with Gasteiger partial charge >= 0.3 is 0 Å². The highest BCUT2D eigenvalue weighted by Gasteiger charge is 2.33. The Bertz CT molecular complexity index is 451. The summed E-state index contributed by atoms with van der Waals surface area (Å²) in [6.07, 6.45) is 2.45. The Morgan fingerprint density at radius 3 is 3.05 bits per heavy atom. The molecule has 20 heavy (non-hydrogen) atoms. The second-order valence-corrected chi connectivity index (χ2v) is 5.91. The molecule has 2 aliphatic rings. The van der Waals surface area contributed by atoms with Crippen molar-refractivity contribution in [2.45, 2.75) is 37.8 Å². The lowest BCUT2D eigenvalue weighted by Gasteiger charge is -2.39. The Balaban J connectivity index is 1.61. The maximum atomic E-state index is 5.94. The molecule has 1 aliphatic heterocycles. The van der Waals surface area contributed by atoms with Gasteiger partial charge in [0.05, 0.1) is 12.7 Å². The van der Waals surface area contributed by atoms with Gasteiger partial charge in [0.15, 0.2) is 0 Å². The molecule has 4 heteroatoms. The standard InChI is InChI=1S/C16H25N3O/c1-2-19-7-8-20-16(11-19)15(18-17)10-13-9-12-5-3-4-6-14(12)13/h3-6,13,15-16,18H,2,7-11,17H2,1H3. The number of benzene rings is 1. The van der Waals surface area contributed by atoms with Crippen molar-refractivity contribution in [2.24, 2.45) is 5.84 Å². The summed E-state index contributed by atoms with van der Waals surface area (Å²) >= 11 is 0. The quantitative estimate of drug-likeness (QED) is 0.627. The van der Waals surface area contributed by atoms with E-state index in [2.05, 4.69) is 41.5 Å². The van der Waals surface area contributed by atoms with Gasteiger partial charge in [0, 0.05) is 19.1 Å². The first-order valence-electron chi connectivity index (χ1n) is 7.69. The minimum atomic E-state index is 0.210. The van der Waals surface area contributed by atoms with Gasteiger partial charge in [-0.05, 0) is 36.4 Å². The van der Waals surface area contributed by atoms with E-state index in [1.165, 1.54) is 17.5 Å². The zero-order chi connectivity index (χ0) is 13.9. The SMILES string of the molecule is CCN1CCOC(C(CC2Cc3ccccc32)NN)C1. The first-order valence-corrected chi connectivity index (χ1v) is 7.69. The summed E-state index contributed by atoms with van der Waals surface area (Å²) < 4.78 is 5.94. The summed E-state index contributed by atoms with van der Waals surface area (Å²) in [5.74, 6) is 6.42. The monoisotopic (exact) mass is 275 g/mol. The average Bonchev–Trinajstić information content (AvgIpc) is 2.48. The van der Waals surface area contributed by atoms with Crippen LogP contribution in [-0.4, -0.2) is 43.3 Å². The third-order valence-corrected chi connectivity index (χ3v) is 4.79. The molecule has 3 atom stereocenters. The van der Waals surface area contributed by atoms with Crippen molar-refractivity contribution in [3.8, 4) is 0 Å². The molecule has 3 unspecified atom stereocenters. The van der Waals surface area contributed by atoms with Gasteiger partial charge in [-0.1, -0.05) is 31.2 Å². The number of nitrogens with one attached hydrogen (secondary N) is 1. The Hall–Kier alpha value is -0.940. The summed E-state index contributed by atoms with van der Waals surface area (Å²) in [5, 5.41) is 0. The highest BCUT2D eigenvalue weighted by atomic mass is 16.5. The predicted molar refractivity (Wildman–Crippen MR) is 80.5 cm³/mol. The first kappa shape index (κ1) is 14.0. The lowest BCUT2D eigenvalue weighted by Crippen LogP contribution is -2.54. The van der Waals surface area contributed by atoms with Crippen molar-refractivity contribution in [1.82, 2.24) is 10.3 Å². The Labute approximate surface area is 121 Å². The third kappa shape index (κ3) is 2.74. The van der Waals surface area contributed by atoms with E-state index in [9.17, 15) is 0 Å². The van der Waals surface area contributed by atoms with Crippen molar-refractivity contribution in [1.29, 1.82) is 0 Å². The molecule has 1 aromatic rings. The number of fused-ring (bicyclic) bond motifs is 1. The molecule has 1 heterocycles. The number of likely N-dealkylation sites (N-methyl/N-ethyl adjacent to an activating group) is 1. The van der Waals surface area contributed by atoms with Crippen LogP contribution in [0.1, 0.15) is 30.4 Å². The van der Waals surface area contributed by atoms with E-state index in [0.717, 1.165) is 32.7 Å². The van der Waals surface area contributed by atoms with Crippen LogP contribution in [0.5, 0.6) is 0 Å². The number of hydrogen-bond acceptors (Lipinski definition) is 4. The van der Waals surface area contributed by atoms with Gasteiger partial charge in [-0.15, -0.1) is 0 Å². The van der Waals surface area contributed by atoms with Gasteiger partial charge in [-0.25, -0.2) is 0 Å². The van der Waals surface area contributed by atoms with Gasteiger partial charge in [0.25, 0.3) is 0 Å². The van der Waals surface area contributed by atoms with E-state index >= 15 is 0 Å². The van der Waals surface area contributed by atoms with Crippen LogP contribution in [0, 0.1) is 0 Å². The summed E-state index contributed by atoms with van der Waals surface area (Å²) in [7, 11) is 0. The van der Waals surface area contributed by atoms with Crippen LogP contribution in [0.25, 0.3) is 0 Å². The first-order chi connectivity index (χ1) is 9.81. The molecule has 4 nitrogen and oxygen atoms in total. The van der Waals surface area contributed by atoms with Crippen LogP contribution in [0.4, 0.5) is 0 Å². The summed E-state index contributed by atoms with van der Waals surface area (Å²) in [6.45, 7) is 6.13. The van der Waals surface area contributed by atoms with Crippen LogP contribution in [0.3, 0.4) is 0 Å². The highest BCUT2D eigenvalue weighted by Crippen LogP contribution is 2.38. The maximum absolute atomic E-state index is 5.94. The fourth-order valence-electron chi connectivity index (χ4n) is 3.47. The molecule has 1 saturated heterocycles. The van der Waals surface area contributed by atoms with Crippen molar-refractivity contribution in [3.05, 3.63) is 35.4 Å². The van der Waals surface area contributed by atoms with Crippen molar-refractivity contribution >= 4 is 0 Å². The summed E-state index contributed by atoms with van der Waals surface area (Å²) in [6, 6.07) is 8.97. The van der Waals surface area contributed by atoms with E-state index in [4.69, 9.17) is 10.6 Å². The summed E-state index contributed by atoms with van der Waals surface area (Å²) in [5.41, 5.74) is 5.98. The van der Waals surface area contributed by atoms with E-state index < -0.39 is 0 Å². The van der Waals surface area contributed by atoms with Crippen LogP contribution < -0.4 is 11.3 Å². The minimum Gasteiger partial charge on any atom is -0.374 e. The van der Waals surface area contributed by atoms with Gasteiger partial charge < -0.3 is 4.74 Å². The third-order valence-electron chi connectivity index (χ3n) is 4.79. The number of ether oxygens (including phenoxy) is 1. The molecule has 1 aromatic carbocycles. The van der Waals surface area contributed by atoms with Crippen LogP contribution in [0.15, 0.2) is 24.3 Å². The molecular weight excluding hydrogens is 250 g/mol. The number of morpholine rings is 1. The number of nitrogens with zero attached hydrogens (tertiary/aromatic N) is 1. The van der Waals surface area contributed by atoms with Gasteiger partial charge in [-0.3, -0.25) is 16.2 Å². The second kappa shape index (κ2) is 6.22. The molecule has 0 saturated carbocycles. The molecular formula is C16H25N3O. The van der Waals surface area contributed by atoms with E-state index in [0.29, 0.717) is 5.92 Å². The Kier molecular flexibility index (Phi) is 4.36. The molecule has 3 N–H and O–H groups in total. The van der Waals surface area contributed by atoms with Gasteiger partial charge in [0.1, 0.15) is 0 Å². The van der Waals surface area contributed by atoms with Crippen molar-refractivity contribution in [2.75, 3.05) is 26.2 Å². The average molecular weight is 275 g/mol.